The van der Waals surface area contributed by atoms with Crippen LogP contribution in [-0.4, -0.2) is 37.5 Å². The number of nitrogens with zero attached hydrogens (tertiary/aromatic N) is 2. The lowest BCUT2D eigenvalue weighted by molar-refractivity contribution is -0.136. The molecule has 1 atom stereocenters. The predicted molar refractivity (Wildman–Crippen MR) is 173 cm³/mol. The Kier molecular flexibility index (Phi) is 10.3. The van der Waals surface area contributed by atoms with Crippen LogP contribution in [-0.2, 0) is 16.1 Å². The fourth-order valence-corrected chi connectivity index (χ4v) is 5.98. The molecular weight excluding hydrogens is 616 g/mol. The molecule has 3 aromatic carbocycles. The van der Waals surface area contributed by atoms with Crippen molar-refractivity contribution >= 4 is 35.0 Å². The van der Waals surface area contributed by atoms with Crippen LogP contribution in [0, 0.1) is 0 Å². The van der Waals surface area contributed by atoms with Gasteiger partial charge in [0, 0.05) is 11.2 Å². The average molecular weight is 649 g/mol. The van der Waals surface area contributed by atoms with Gasteiger partial charge in [-0.15, -0.1) is 0 Å². The SMILES string of the molecule is CCOc1ccc([C@@H]2C(C(=O)OC)=CN=c3s/c(=C\c4ccc(OCc5ccc(Cl)cc5)c(OCC)c4)c(=O)n32)cc1OCC. The van der Waals surface area contributed by atoms with E-state index in [0.29, 0.717) is 69.3 Å². The van der Waals surface area contributed by atoms with Crippen molar-refractivity contribution in [3.8, 4) is 23.0 Å². The lowest BCUT2D eigenvalue weighted by atomic mass is 9.97. The molecule has 45 heavy (non-hydrogen) atoms. The van der Waals surface area contributed by atoms with E-state index in [2.05, 4.69) is 4.99 Å². The van der Waals surface area contributed by atoms with E-state index in [9.17, 15) is 9.59 Å². The Morgan fingerprint density at radius 1 is 0.889 bits per heavy atom. The van der Waals surface area contributed by atoms with E-state index in [1.165, 1.54) is 29.2 Å². The van der Waals surface area contributed by atoms with Crippen LogP contribution in [0.2, 0.25) is 5.02 Å². The Morgan fingerprint density at radius 2 is 1.53 bits per heavy atom. The second-order valence-corrected chi connectivity index (χ2v) is 11.2. The molecule has 0 saturated heterocycles. The first-order valence-electron chi connectivity index (χ1n) is 14.5. The Balaban J connectivity index is 1.54. The molecule has 1 aliphatic rings. The number of fused-ring (bicyclic) bond motifs is 1. The van der Waals surface area contributed by atoms with Crippen LogP contribution in [0.3, 0.4) is 0 Å². The summed E-state index contributed by atoms with van der Waals surface area (Å²) in [4.78, 5) is 31.8. The molecule has 0 fully saturated rings. The van der Waals surface area contributed by atoms with Crippen molar-refractivity contribution in [2.24, 2.45) is 4.99 Å². The van der Waals surface area contributed by atoms with Crippen LogP contribution in [0.5, 0.6) is 23.0 Å². The highest BCUT2D eigenvalue weighted by Gasteiger charge is 2.31. The summed E-state index contributed by atoms with van der Waals surface area (Å²) in [6.07, 6.45) is 3.24. The third kappa shape index (κ3) is 7.08. The minimum absolute atomic E-state index is 0.226. The largest absolute Gasteiger partial charge is 0.490 e. The summed E-state index contributed by atoms with van der Waals surface area (Å²) >= 11 is 7.23. The van der Waals surface area contributed by atoms with Gasteiger partial charge in [0.05, 0.1) is 43.1 Å². The summed E-state index contributed by atoms with van der Waals surface area (Å²) in [5.41, 5.74) is 2.29. The third-order valence-electron chi connectivity index (χ3n) is 6.88. The second kappa shape index (κ2) is 14.5. The van der Waals surface area contributed by atoms with E-state index in [-0.39, 0.29) is 11.1 Å². The minimum atomic E-state index is -0.784. The minimum Gasteiger partial charge on any atom is -0.490 e. The molecule has 0 bridgehead atoms. The van der Waals surface area contributed by atoms with E-state index in [0.717, 1.165) is 11.1 Å². The number of carbonyl (C=O) groups excluding carboxylic acids is 1. The quantitative estimate of drug-likeness (QED) is 0.189. The molecule has 1 aromatic heterocycles. The van der Waals surface area contributed by atoms with Gasteiger partial charge in [-0.1, -0.05) is 47.2 Å². The van der Waals surface area contributed by atoms with Gasteiger partial charge < -0.3 is 23.7 Å². The molecule has 11 heteroatoms. The first-order valence-corrected chi connectivity index (χ1v) is 15.7. The molecule has 0 radical (unpaired) electrons. The average Bonchev–Trinajstić information content (AvgIpc) is 3.36. The smallest absolute Gasteiger partial charge is 0.337 e. The predicted octanol–water partition coefficient (Wildman–Crippen LogP) is 5.45. The standard InChI is InChI=1S/C34H33ClN2O7S/c1-5-41-26-15-11-23(18-29(26)43-7-3)31-25(33(39)40-4)19-36-34-37(31)32(38)30(45-34)17-22-10-14-27(28(16-22)42-6-2)44-20-21-8-12-24(35)13-9-21/h8-19,31H,5-7,20H2,1-4H3/b30-17-/t31-/m1/s1. The molecule has 0 amide bonds. The van der Waals surface area contributed by atoms with E-state index < -0.39 is 12.0 Å². The molecule has 5 rings (SSSR count). The number of rotatable bonds is 12. The van der Waals surface area contributed by atoms with Gasteiger partial charge in [-0.05, 0) is 79.9 Å². The number of aromatic nitrogens is 1. The summed E-state index contributed by atoms with van der Waals surface area (Å²) in [6, 6.07) is 17.5. The second-order valence-electron chi connectivity index (χ2n) is 9.80. The van der Waals surface area contributed by atoms with Crippen molar-refractivity contribution in [1.29, 1.82) is 0 Å². The number of hydrogen-bond acceptors (Lipinski definition) is 9. The maximum absolute atomic E-state index is 14.0. The number of thiazole rings is 1. The van der Waals surface area contributed by atoms with Crippen LogP contribution >= 0.6 is 22.9 Å². The van der Waals surface area contributed by atoms with Gasteiger partial charge in [-0.3, -0.25) is 9.36 Å². The van der Waals surface area contributed by atoms with Gasteiger partial charge in [-0.25, -0.2) is 9.79 Å². The molecule has 0 saturated carbocycles. The highest BCUT2D eigenvalue weighted by Crippen LogP contribution is 2.35. The maximum atomic E-state index is 14.0. The normalized spacial score (nSPS) is 14.2. The van der Waals surface area contributed by atoms with Crippen molar-refractivity contribution in [1.82, 2.24) is 4.57 Å². The van der Waals surface area contributed by atoms with E-state index in [1.807, 2.05) is 69.3 Å². The van der Waals surface area contributed by atoms with Crippen LogP contribution in [0.4, 0.5) is 0 Å². The Labute approximate surface area is 269 Å². The summed E-state index contributed by atoms with van der Waals surface area (Å²) in [5.74, 6) is 1.64. The summed E-state index contributed by atoms with van der Waals surface area (Å²) in [6.45, 7) is 7.31. The summed E-state index contributed by atoms with van der Waals surface area (Å²) in [5, 5.41) is 0.658. The van der Waals surface area contributed by atoms with Gasteiger partial charge in [0.15, 0.2) is 27.8 Å². The van der Waals surface area contributed by atoms with Gasteiger partial charge in [0.2, 0.25) is 0 Å². The Bertz CT molecular complexity index is 1900. The topological polar surface area (TPSA) is 97.6 Å². The maximum Gasteiger partial charge on any atom is 0.337 e. The summed E-state index contributed by atoms with van der Waals surface area (Å²) < 4.78 is 30.5. The monoisotopic (exact) mass is 648 g/mol. The lowest BCUT2D eigenvalue weighted by Crippen LogP contribution is -2.39. The van der Waals surface area contributed by atoms with Crippen molar-refractivity contribution in [2.45, 2.75) is 33.4 Å². The number of esters is 1. The number of carbonyl (C=O) groups is 1. The van der Waals surface area contributed by atoms with Crippen molar-refractivity contribution in [3.05, 3.63) is 114 Å². The van der Waals surface area contributed by atoms with Gasteiger partial charge in [0.1, 0.15) is 6.61 Å². The molecule has 0 unspecified atom stereocenters. The third-order valence-corrected chi connectivity index (χ3v) is 8.13. The Hall–Kier alpha value is -4.54. The number of halogens is 1. The molecule has 9 nitrogen and oxygen atoms in total. The summed E-state index contributed by atoms with van der Waals surface area (Å²) in [7, 11) is 1.30. The molecule has 2 heterocycles. The number of ether oxygens (including phenoxy) is 5. The van der Waals surface area contributed by atoms with Gasteiger partial charge in [-0.2, -0.15) is 0 Å². The lowest BCUT2D eigenvalue weighted by Gasteiger charge is -2.23. The molecule has 4 aromatic rings. The highest BCUT2D eigenvalue weighted by atomic mass is 35.5. The number of benzene rings is 3. The molecule has 0 aliphatic carbocycles. The van der Waals surface area contributed by atoms with Crippen LogP contribution in [0.15, 0.2) is 82.2 Å². The zero-order chi connectivity index (χ0) is 31.9. The van der Waals surface area contributed by atoms with E-state index in [1.54, 1.807) is 18.2 Å². The first-order chi connectivity index (χ1) is 21.9. The van der Waals surface area contributed by atoms with Gasteiger partial charge >= 0.3 is 5.97 Å². The number of methoxy groups -OCH3 is 1. The Morgan fingerprint density at radius 3 is 2.22 bits per heavy atom. The fraction of sp³-hybridized carbons (Fsp3) is 0.265. The van der Waals surface area contributed by atoms with Crippen LogP contribution in [0.1, 0.15) is 43.5 Å². The molecule has 0 spiro atoms. The zero-order valence-electron chi connectivity index (χ0n) is 25.4. The zero-order valence-corrected chi connectivity index (χ0v) is 26.9. The van der Waals surface area contributed by atoms with E-state index >= 15 is 0 Å². The molecular formula is C34H33ClN2O7S. The van der Waals surface area contributed by atoms with Crippen molar-refractivity contribution in [3.63, 3.8) is 0 Å². The molecule has 0 N–H and O–H groups in total. The first kappa shape index (κ1) is 31.9. The highest BCUT2D eigenvalue weighted by molar-refractivity contribution is 7.07. The van der Waals surface area contributed by atoms with Crippen molar-refractivity contribution in [2.75, 3.05) is 26.9 Å². The van der Waals surface area contributed by atoms with Crippen molar-refractivity contribution < 1.29 is 28.5 Å². The molecule has 234 valence electrons. The van der Waals surface area contributed by atoms with Gasteiger partial charge in [0.25, 0.3) is 5.56 Å². The fourth-order valence-electron chi connectivity index (χ4n) is 4.88. The number of hydrogen-bond donors (Lipinski definition) is 0. The molecule has 1 aliphatic heterocycles. The van der Waals surface area contributed by atoms with Crippen LogP contribution < -0.4 is 33.8 Å². The van der Waals surface area contributed by atoms with E-state index in [4.69, 9.17) is 35.3 Å². The van der Waals surface area contributed by atoms with Crippen LogP contribution in [0.25, 0.3) is 6.08 Å².